The zero-order valence-corrected chi connectivity index (χ0v) is 13.2. The van der Waals surface area contributed by atoms with E-state index in [0.29, 0.717) is 16.9 Å². The second-order valence-electron chi connectivity index (χ2n) is 5.11. The summed E-state index contributed by atoms with van der Waals surface area (Å²) in [5, 5.41) is 0. The minimum absolute atomic E-state index is 0.0502. The van der Waals surface area contributed by atoms with E-state index < -0.39 is 17.7 Å². The predicted molar refractivity (Wildman–Crippen MR) is 81.5 cm³/mol. The van der Waals surface area contributed by atoms with E-state index in [9.17, 15) is 14.0 Å². The molecule has 1 atom stereocenters. The van der Waals surface area contributed by atoms with Crippen LogP contribution in [0.3, 0.4) is 0 Å². The molecule has 6 heteroatoms. The molecule has 23 heavy (non-hydrogen) atoms. The quantitative estimate of drug-likeness (QED) is 0.863. The number of esters is 1. The third-order valence-corrected chi connectivity index (χ3v) is 3.56. The van der Waals surface area contributed by atoms with Gasteiger partial charge in [-0.15, -0.1) is 0 Å². The minimum atomic E-state index is -0.749. The molecule has 0 amide bonds. The molecular formula is C17H18FNO4. The van der Waals surface area contributed by atoms with Crippen LogP contribution in [0.4, 0.5) is 4.39 Å². The van der Waals surface area contributed by atoms with Gasteiger partial charge in [0.05, 0.1) is 12.5 Å². The lowest BCUT2D eigenvalue weighted by atomic mass is 9.81. The molecule has 0 bridgehead atoms. The maximum absolute atomic E-state index is 13.2. The molecule has 2 N–H and O–H groups in total. The largest absolute Gasteiger partial charge is 0.462 e. The molecule has 0 unspecified atom stereocenters. The Hall–Kier alpha value is -2.63. The van der Waals surface area contributed by atoms with Crippen molar-refractivity contribution in [3.63, 3.8) is 0 Å². The number of carbonyl (C=O) groups excluding carboxylic acids is 2. The van der Waals surface area contributed by atoms with Gasteiger partial charge in [-0.1, -0.05) is 12.1 Å². The Labute approximate surface area is 133 Å². The van der Waals surface area contributed by atoms with Gasteiger partial charge in [-0.25, -0.2) is 9.18 Å². The molecule has 0 radical (unpaired) electrons. The van der Waals surface area contributed by atoms with Gasteiger partial charge in [0.2, 0.25) is 5.88 Å². The number of rotatable bonds is 4. The minimum Gasteiger partial charge on any atom is -0.462 e. The highest BCUT2D eigenvalue weighted by Crippen LogP contribution is 2.40. The molecular weight excluding hydrogens is 301 g/mol. The molecule has 1 aliphatic heterocycles. The lowest BCUT2D eigenvalue weighted by Crippen LogP contribution is -2.28. The summed E-state index contributed by atoms with van der Waals surface area (Å²) >= 11 is 0. The van der Waals surface area contributed by atoms with Crippen molar-refractivity contribution in [2.24, 2.45) is 5.73 Å². The van der Waals surface area contributed by atoms with E-state index in [0.717, 1.165) is 0 Å². The molecule has 0 fully saturated rings. The number of hydrogen-bond donors (Lipinski definition) is 1. The van der Waals surface area contributed by atoms with Crippen molar-refractivity contribution in [1.29, 1.82) is 0 Å². The van der Waals surface area contributed by atoms with Gasteiger partial charge in [0.1, 0.15) is 17.1 Å². The molecule has 0 aromatic heterocycles. The van der Waals surface area contributed by atoms with E-state index >= 15 is 0 Å². The number of Topliss-reactive ketones (excluding diaryl/α,β-unsaturated/α-hetero) is 1. The topological polar surface area (TPSA) is 78.6 Å². The van der Waals surface area contributed by atoms with Crippen LogP contribution in [0.15, 0.2) is 47.1 Å². The molecule has 1 aromatic carbocycles. The van der Waals surface area contributed by atoms with Gasteiger partial charge < -0.3 is 15.2 Å². The average molecular weight is 319 g/mol. The molecule has 0 saturated heterocycles. The highest BCUT2D eigenvalue weighted by molar-refractivity contribution is 6.01. The fourth-order valence-corrected chi connectivity index (χ4v) is 2.63. The molecule has 2 rings (SSSR count). The van der Waals surface area contributed by atoms with E-state index in [-0.39, 0.29) is 23.8 Å². The van der Waals surface area contributed by atoms with E-state index in [4.69, 9.17) is 15.2 Å². The summed E-state index contributed by atoms with van der Waals surface area (Å²) in [6.07, 6.45) is 0. The molecule has 5 nitrogen and oxygen atoms in total. The van der Waals surface area contributed by atoms with Gasteiger partial charge in [0.15, 0.2) is 5.78 Å². The Kier molecular flexibility index (Phi) is 4.83. The molecule has 0 spiro atoms. The zero-order chi connectivity index (χ0) is 17.1. The first kappa shape index (κ1) is 16.7. The molecule has 1 aliphatic rings. The Morgan fingerprint density at radius 2 is 1.87 bits per heavy atom. The monoisotopic (exact) mass is 319 g/mol. The zero-order valence-electron chi connectivity index (χ0n) is 13.2. The number of allylic oxidation sites excluding steroid dienone is 2. The first-order chi connectivity index (χ1) is 10.9. The molecule has 1 aromatic rings. The Bertz CT molecular complexity index is 704. The average Bonchev–Trinajstić information content (AvgIpc) is 2.46. The second kappa shape index (κ2) is 6.64. The number of carbonyl (C=O) groups is 2. The van der Waals surface area contributed by atoms with E-state index in [1.807, 2.05) is 0 Å². The van der Waals surface area contributed by atoms with Crippen LogP contribution < -0.4 is 5.73 Å². The lowest BCUT2D eigenvalue weighted by Gasteiger charge is -2.28. The van der Waals surface area contributed by atoms with E-state index in [2.05, 4.69) is 0 Å². The van der Waals surface area contributed by atoms with Crippen molar-refractivity contribution < 1.29 is 23.5 Å². The Balaban J connectivity index is 2.63. The summed E-state index contributed by atoms with van der Waals surface area (Å²) in [5.41, 5.74) is 6.77. The second-order valence-corrected chi connectivity index (χ2v) is 5.11. The standard InChI is InChI=1S/C17H18FNO4/c1-4-22-17(21)15-14(11-5-7-12(18)8-6-11)13(9(2)20)10(3)23-16(15)19/h5-8,14H,4,19H2,1-3H3/t14-/m1/s1. The van der Waals surface area contributed by atoms with Crippen LogP contribution in [0.5, 0.6) is 0 Å². The molecule has 0 saturated carbocycles. The van der Waals surface area contributed by atoms with Gasteiger partial charge in [0.25, 0.3) is 0 Å². The Morgan fingerprint density at radius 1 is 1.26 bits per heavy atom. The molecule has 1 heterocycles. The molecule has 122 valence electrons. The number of nitrogens with two attached hydrogens (primary N) is 1. The maximum atomic E-state index is 13.2. The summed E-state index contributed by atoms with van der Waals surface area (Å²) in [6.45, 7) is 4.80. The van der Waals surface area contributed by atoms with Crippen molar-refractivity contribution in [2.45, 2.75) is 26.7 Å². The lowest BCUT2D eigenvalue weighted by molar-refractivity contribution is -0.139. The van der Waals surface area contributed by atoms with Crippen LogP contribution >= 0.6 is 0 Å². The van der Waals surface area contributed by atoms with Crippen LogP contribution in [0.1, 0.15) is 32.3 Å². The summed E-state index contributed by atoms with van der Waals surface area (Å²) in [6, 6.07) is 5.54. The molecule has 0 aliphatic carbocycles. The fraction of sp³-hybridized carbons (Fsp3) is 0.294. The number of hydrogen-bond acceptors (Lipinski definition) is 5. The van der Waals surface area contributed by atoms with Crippen molar-refractivity contribution in [3.8, 4) is 0 Å². The Morgan fingerprint density at radius 3 is 2.39 bits per heavy atom. The normalized spacial score (nSPS) is 17.8. The number of ketones is 1. The number of benzene rings is 1. The fourth-order valence-electron chi connectivity index (χ4n) is 2.63. The number of halogens is 1. The third kappa shape index (κ3) is 3.26. The summed E-state index contributed by atoms with van der Waals surface area (Å²) in [4.78, 5) is 24.4. The van der Waals surface area contributed by atoms with Crippen molar-refractivity contribution >= 4 is 11.8 Å². The van der Waals surface area contributed by atoms with Crippen molar-refractivity contribution in [2.75, 3.05) is 6.61 Å². The van der Waals surface area contributed by atoms with Crippen LogP contribution in [0.25, 0.3) is 0 Å². The van der Waals surface area contributed by atoms with Gasteiger partial charge in [0, 0.05) is 5.57 Å². The van der Waals surface area contributed by atoms with Crippen LogP contribution in [0, 0.1) is 5.82 Å². The first-order valence-corrected chi connectivity index (χ1v) is 7.18. The predicted octanol–water partition coefficient (Wildman–Crippen LogP) is 2.54. The van der Waals surface area contributed by atoms with E-state index in [1.54, 1.807) is 13.8 Å². The van der Waals surface area contributed by atoms with Crippen LogP contribution in [-0.4, -0.2) is 18.4 Å². The van der Waals surface area contributed by atoms with Crippen LogP contribution in [-0.2, 0) is 19.1 Å². The smallest absolute Gasteiger partial charge is 0.340 e. The highest BCUT2D eigenvalue weighted by Gasteiger charge is 2.37. The SMILES string of the molecule is CCOC(=O)C1=C(N)OC(C)=C(C(C)=O)[C@H]1c1ccc(F)cc1. The summed E-state index contributed by atoms with van der Waals surface area (Å²) < 4.78 is 23.6. The van der Waals surface area contributed by atoms with E-state index in [1.165, 1.54) is 31.2 Å². The van der Waals surface area contributed by atoms with Crippen molar-refractivity contribution in [3.05, 3.63) is 58.4 Å². The van der Waals surface area contributed by atoms with Gasteiger partial charge in [-0.3, -0.25) is 4.79 Å². The maximum Gasteiger partial charge on any atom is 0.340 e. The number of ether oxygens (including phenoxy) is 2. The highest BCUT2D eigenvalue weighted by atomic mass is 19.1. The third-order valence-electron chi connectivity index (χ3n) is 3.56. The van der Waals surface area contributed by atoms with Gasteiger partial charge in [-0.2, -0.15) is 0 Å². The van der Waals surface area contributed by atoms with Crippen LogP contribution in [0.2, 0.25) is 0 Å². The summed E-state index contributed by atoms with van der Waals surface area (Å²) in [7, 11) is 0. The van der Waals surface area contributed by atoms with Gasteiger partial charge >= 0.3 is 5.97 Å². The summed E-state index contributed by atoms with van der Waals surface area (Å²) in [5.74, 6) is -1.88. The van der Waals surface area contributed by atoms with Crippen molar-refractivity contribution in [1.82, 2.24) is 0 Å². The first-order valence-electron chi connectivity index (χ1n) is 7.18. The van der Waals surface area contributed by atoms with Gasteiger partial charge in [-0.05, 0) is 38.5 Å².